The summed E-state index contributed by atoms with van der Waals surface area (Å²) in [6, 6.07) is 5.44. The molecular formula is C15H20BrNO5S. The summed E-state index contributed by atoms with van der Waals surface area (Å²) in [5.74, 6) is 0.376. The average molecular weight is 406 g/mol. The molecule has 1 amide bonds. The number of rotatable bonds is 2. The highest BCUT2D eigenvalue weighted by Crippen LogP contribution is 2.40. The number of hydrogen-bond donors (Lipinski definition) is 2. The quantitative estimate of drug-likeness (QED) is 0.789. The van der Waals surface area contributed by atoms with E-state index in [1.165, 1.54) is 0 Å². The van der Waals surface area contributed by atoms with Crippen molar-refractivity contribution in [2.75, 3.05) is 37.8 Å². The summed E-state index contributed by atoms with van der Waals surface area (Å²) in [7, 11) is -2.51. The van der Waals surface area contributed by atoms with Crippen LogP contribution in [0.2, 0.25) is 0 Å². The van der Waals surface area contributed by atoms with Crippen LogP contribution in [0.5, 0.6) is 0 Å². The number of amides is 1. The Hall–Kier alpha value is -0.640. The lowest BCUT2D eigenvalue weighted by atomic mass is 10.1. The van der Waals surface area contributed by atoms with Crippen molar-refractivity contribution in [2.45, 2.75) is 12.7 Å². The molecule has 0 atom stereocenters. The molecule has 2 heterocycles. The highest BCUT2D eigenvalue weighted by Gasteiger charge is 2.27. The minimum atomic E-state index is -2.51. The molecular weight excluding hydrogens is 386 g/mol. The van der Waals surface area contributed by atoms with E-state index in [1.807, 2.05) is 6.07 Å². The van der Waals surface area contributed by atoms with Crippen molar-refractivity contribution in [1.82, 2.24) is 4.90 Å². The molecule has 6 nitrogen and oxygen atoms in total. The molecule has 2 aliphatic rings. The topological polar surface area (TPSA) is 79.2 Å². The van der Waals surface area contributed by atoms with E-state index in [0.717, 1.165) is 16.5 Å². The van der Waals surface area contributed by atoms with Gasteiger partial charge in [-0.05, 0) is 24.6 Å². The van der Waals surface area contributed by atoms with Crippen molar-refractivity contribution < 1.29 is 23.4 Å². The molecule has 23 heavy (non-hydrogen) atoms. The Kier molecular flexibility index (Phi) is 5.29. The molecule has 0 unspecified atom stereocenters. The Morgan fingerprint density at radius 1 is 1.17 bits per heavy atom. The molecule has 8 heteroatoms. The molecule has 0 bridgehead atoms. The maximum atomic E-state index is 12.7. The van der Waals surface area contributed by atoms with Gasteiger partial charge in [0.1, 0.15) is 0 Å². The molecule has 0 aromatic heterocycles. The first-order valence-corrected chi connectivity index (χ1v) is 10.2. The van der Waals surface area contributed by atoms with Gasteiger partial charge in [-0.1, -0.05) is 15.9 Å². The van der Waals surface area contributed by atoms with E-state index in [1.54, 1.807) is 17.0 Å². The molecule has 0 radical (unpaired) electrons. The highest BCUT2D eigenvalue weighted by atomic mass is 79.9. The van der Waals surface area contributed by atoms with E-state index < -0.39 is 16.9 Å². The van der Waals surface area contributed by atoms with Gasteiger partial charge in [0.05, 0.1) is 24.7 Å². The lowest BCUT2D eigenvalue weighted by molar-refractivity contribution is -0.183. The summed E-state index contributed by atoms with van der Waals surface area (Å²) in [6.07, 6.45) is 0.428. The first kappa shape index (κ1) is 17.2. The van der Waals surface area contributed by atoms with Gasteiger partial charge in [-0.25, -0.2) is 0 Å². The zero-order valence-corrected chi connectivity index (χ0v) is 15.0. The second-order valence-electron chi connectivity index (χ2n) is 5.70. The van der Waals surface area contributed by atoms with Crippen LogP contribution in [0.1, 0.15) is 28.6 Å². The van der Waals surface area contributed by atoms with Crippen LogP contribution in [-0.2, 0) is 9.47 Å². The SMILES string of the molecule is O=C(c1cc(Br)cc(C2OCCCO2)c1)N1CCS(O)(O)CC1. The van der Waals surface area contributed by atoms with Crippen LogP contribution in [-0.4, -0.2) is 57.7 Å². The molecule has 2 N–H and O–H groups in total. The average Bonchev–Trinajstić information content (AvgIpc) is 2.54. The van der Waals surface area contributed by atoms with Crippen molar-refractivity contribution in [1.29, 1.82) is 0 Å². The van der Waals surface area contributed by atoms with Gasteiger partial charge in [0.2, 0.25) is 0 Å². The van der Waals surface area contributed by atoms with Crippen molar-refractivity contribution in [2.24, 2.45) is 0 Å². The third kappa shape index (κ3) is 4.26. The van der Waals surface area contributed by atoms with Gasteiger partial charge in [-0.2, -0.15) is 10.6 Å². The Bertz CT molecular complexity index is 581. The number of nitrogens with zero attached hydrogens (tertiary/aromatic N) is 1. The number of ether oxygens (including phenoxy) is 2. The van der Waals surface area contributed by atoms with E-state index >= 15 is 0 Å². The Labute approximate surface area is 145 Å². The van der Waals surface area contributed by atoms with Gasteiger partial charge in [0.15, 0.2) is 6.29 Å². The maximum Gasteiger partial charge on any atom is 0.254 e. The van der Waals surface area contributed by atoms with Gasteiger partial charge >= 0.3 is 0 Å². The summed E-state index contributed by atoms with van der Waals surface area (Å²) in [4.78, 5) is 14.3. The zero-order chi connectivity index (χ0) is 16.4. The summed E-state index contributed by atoms with van der Waals surface area (Å²) in [5, 5.41) is 0. The predicted molar refractivity (Wildman–Crippen MR) is 91.9 cm³/mol. The third-order valence-corrected chi connectivity index (χ3v) is 6.06. The second-order valence-corrected chi connectivity index (χ2v) is 9.04. The van der Waals surface area contributed by atoms with Crippen LogP contribution in [0.15, 0.2) is 22.7 Å². The normalized spacial score (nSPS) is 23.5. The van der Waals surface area contributed by atoms with Crippen LogP contribution in [0.25, 0.3) is 0 Å². The molecule has 1 aromatic rings. The minimum Gasteiger partial charge on any atom is -0.348 e. The number of benzene rings is 1. The molecule has 1 aromatic carbocycles. The molecule has 0 spiro atoms. The van der Waals surface area contributed by atoms with E-state index in [2.05, 4.69) is 15.9 Å². The fourth-order valence-electron chi connectivity index (χ4n) is 2.66. The highest BCUT2D eigenvalue weighted by molar-refractivity contribution is 9.10. The van der Waals surface area contributed by atoms with Crippen LogP contribution < -0.4 is 0 Å². The summed E-state index contributed by atoms with van der Waals surface area (Å²) in [5.41, 5.74) is 1.36. The van der Waals surface area contributed by atoms with Gasteiger partial charge in [0, 0.05) is 28.7 Å². The van der Waals surface area contributed by atoms with Crippen molar-refractivity contribution in [3.63, 3.8) is 0 Å². The Balaban J connectivity index is 1.76. The second kappa shape index (κ2) is 7.08. The van der Waals surface area contributed by atoms with Crippen molar-refractivity contribution in [3.05, 3.63) is 33.8 Å². The fourth-order valence-corrected chi connectivity index (χ4v) is 4.41. The van der Waals surface area contributed by atoms with E-state index in [0.29, 0.717) is 31.9 Å². The standard InChI is InChI=1S/C15H20BrNO5S/c16-13-9-11(8-12(10-13)15-21-4-1-5-22-15)14(18)17-2-6-23(19,20)7-3-17/h8-10,15,19-20H,1-7H2. The lowest BCUT2D eigenvalue weighted by Crippen LogP contribution is -2.42. The molecule has 2 fully saturated rings. The van der Waals surface area contributed by atoms with Crippen LogP contribution in [0, 0.1) is 0 Å². The van der Waals surface area contributed by atoms with Gasteiger partial charge in [-0.3, -0.25) is 13.9 Å². The van der Waals surface area contributed by atoms with Gasteiger partial charge in [-0.15, -0.1) is 0 Å². The molecule has 2 saturated heterocycles. The summed E-state index contributed by atoms with van der Waals surface area (Å²) in [6.45, 7) is 2.01. The molecule has 2 aliphatic heterocycles. The number of halogens is 1. The van der Waals surface area contributed by atoms with Crippen LogP contribution >= 0.6 is 26.5 Å². The smallest absolute Gasteiger partial charge is 0.254 e. The van der Waals surface area contributed by atoms with E-state index in [4.69, 9.17) is 9.47 Å². The Morgan fingerprint density at radius 2 is 1.83 bits per heavy atom. The molecule has 128 valence electrons. The number of carbonyl (C=O) groups is 1. The first-order chi connectivity index (χ1) is 10.9. The first-order valence-electron chi connectivity index (χ1n) is 7.51. The molecule has 0 saturated carbocycles. The van der Waals surface area contributed by atoms with Crippen LogP contribution in [0.3, 0.4) is 0 Å². The third-order valence-electron chi connectivity index (χ3n) is 3.93. The molecule has 3 rings (SSSR count). The summed E-state index contributed by atoms with van der Waals surface area (Å²) >= 11 is 3.43. The van der Waals surface area contributed by atoms with Gasteiger partial charge in [0.25, 0.3) is 5.91 Å². The summed E-state index contributed by atoms with van der Waals surface area (Å²) < 4.78 is 31.3. The van der Waals surface area contributed by atoms with E-state index in [9.17, 15) is 13.9 Å². The number of hydrogen-bond acceptors (Lipinski definition) is 5. The minimum absolute atomic E-state index is 0.113. The Morgan fingerprint density at radius 3 is 2.48 bits per heavy atom. The largest absolute Gasteiger partial charge is 0.348 e. The van der Waals surface area contributed by atoms with Gasteiger partial charge < -0.3 is 14.4 Å². The lowest BCUT2D eigenvalue weighted by Gasteiger charge is -2.41. The van der Waals surface area contributed by atoms with E-state index in [-0.39, 0.29) is 17.4 Å². The maximum absolute atomic E-state index is 12.7. The monoisotopic (exact) mass is 405 g/mol. The number of carbonyl (C=O) groups excluding carboxylic acids is 1. The van der Waals surface area contributed by atoms with Crippen molar-refractivity contribution in [3.8, 4) is 0 Å². The fraction of sp³-hybridized carbons (Fsp3) is 0.533. The molecule has 0 aliphatic carbocycles. The predicted octanol–water partition coefficient (Wildman–Crippen LogP) is 3.09. The van der Waals surface area contributed by atoms with Crippen LogP contribution in [0.4, 0.5) is 0 Å². The van der Waals surface area contributed by atoms with Crippen molar-refractivity contribution >= 4 is 32.4 Å². The zero-order valence-electron chi connectivity index (χ0n) is 12.6.